The molecule has 2 amide bonds. The highest BCUT2D eigenvalue weighted by molar-refractivity contribution is 7.12. The minimum atomic E-state index is -0.133. The van der Waals surface area contributed by atoms with Crippen LogP contribution < -0.4 is 10.2 Å². The van der Waals surface area contributed by atoms with E-state index in [1.54, 1.807) is 6.07 Å². The first-order chi connectivity index (χ1) is 13.7. The van der Waals surface area contributed by atoms with Crippen molar-refractivity contribution in [2.24, 2.45) is 5.92 Å². The molecule has 7 heteroatoms. The normalized spacial score (nSPS) is 12.0. The van der Waals surface area contributed by atoms with Crippen LogP contribution in [0.4, 0.5) is 11.4 Å². The number of methoxy groups -OCH3 is 1. The van der Waals surface area contributed by atoms with Gasteiger partial charge in [-0.2, -0.15) is 0 Å². The molecule has 1 atom stereocenters. The summed E-state index contributed by atoms with van der Waals surface area (Å²) < 4.78 is 5.09. The van der Waals surface area contributed by atoms with Gasteiger partial charge in [-0.3, -0.25) is 9.59 Å². The van der Waals surface area contributed by atoms with E-state index >= 15 is 0 Å². The van der Waals surface area contributed by atoms with E-state index in [2.05, 4.69) is 26.1 Å². The Balaban J connectivity index is 2.33. The second kappa shape index (κ2) is 10.4. The summed E-state index contributed by atoms with van der Waals surface area (Å²) in [7, 11) is 5.47. The van der Waals surface area contributed by atoms with Gasteiger partial charge in [0.15, 0.2) is 0 Å². The Morgan fingerprint density at radius 3 is 2.45 bits per heavy atom. The van der Waals surface area contributed by atoms with Gasteiger partial charge in [-0.05, 0) is 48.1 Å². The largest absolute Gasteiger partial charge is 0.377 e. The minimum Gasteiger partial charge on any atom is -0.377 e. The molecular formula is C22H31N3O3S. The zero-order valence-electron chi connectivity index (χ0n) is 18.1. The van der Waals surface area contributed by atoms with Crippen LogP contribution in [0.5, 0.6) is 0 Å². The summed E-state index contributed by atoms with van der Waals surface area (Å²) in [6, 6.07) is 9.51. The van der Waals surface area contributed by atoms with Gasteiger partial charge in [0.05, 0.1) is 4.88 Å². The van der Waals surface area contributed by atoms with Crippen molar-refractivity contribution >= 4 is 34.5 Å². The highest BCUT2D eigenvalue weighted by atomic mass is 32.1. The standard InChI is InChI=1S/C22H31N3O3S/c1-15(2)16(3)25(21(26)14-28-6)13-17-12-18(9-10-19(17)24(4)5)23-22(27)20-8-7-11-29-20/h7-12,15-16H,13-14H2,1-6H3,(H,23,27)/t16-/m0/s1. The molecule has 0 fully saturated rings. The number of thiophene rings is 1. The van der Waals surface area contributed by atoms with E-state index < -0.39 is 0 Å². The van der Waals surface area contributed by atoms with E-state index in [4.69, 9.17) is 4.74 Å². The molecule has 1 N–H and O–H groups in total. The summed E-state index contributed by atoms with van der Waals surface area (Å²) in [5.41, 5.74) is 2.68. The predicted octanol–water partition coefficient (Wildman–Crippen LogP) is 4.09. The Hall–Kier alpha value is -2.38. The number of benzene rings is 1. The Bertz CT molecular complexity index is 819. The number of ether oxygens (including phenoxy) is 1. The lowest BCUT2D eigenvalue weighted by molar-refractivity contribution is -0.138. The molecule has 0 aliphatic carbocycles. The molecule has 0 bridgehead atoms. The number of carbonyl (C=O) groups is 2. The van der Waals surface area contributed by atoms with Crippen molar-refractivity contribution < 1.29 is 14.3 Å². The fourth-order valence-electron chi connectivity index (χ4n) is 3.04. The fourth-order valence-corrected chi connectivity index (χ4v) is 3.65. The number of nitrogens with one attached hydrogen (secondary N) is 1. The van der Waals surface area contributed by atoms with Crippen molar-refractivity contribution in [3.8, 4) is 0 Å². The van der Waals surface area contributed by atoms with Gasteiger partial charge in [-0.15, -0.1) is 11.3 Å². The van der Waals surface area contributed by atoms with Crippen LogP contribution in [0.25, 0.3) is 0 Å². The summed E-state index contributed by atoms with van der Waals surface area (Å²) >= 11 is 1.40. The van der Waals surface area contributed by atoms with E-state index in [0.717, 1.165) is 11.3 Å². The van der Waals surface area contributed by atoms with Crippen LogP contribution >= 0.6 is 11.3 Å². The third kappa shape index (κ3) is 6.05. The summed E-state index contributed by atoms with van der Waals surface area (Å²) in [6.07, 6.45) is 0. The topological polar surface area (TPSA) is 61.9 Å². The van der Waals surface area contributed by atoms with E-state index in [0.29, 0.717) is 23.0 Å². The van der Waals surface area contributed by atoms with Gasteiger partial charge in [0.2, 0.25) is 5.91 Å². The second-order valence-corrected chi connectivity index (χ2v) is 8.56. The monoisotopic (exact) mass is 417 g/mol. The lowest BCUT2D eigenvalue weighted by Gasteiger charge is -2.33. The summed E-state index contributed by atoms with van der Waals surface area (Å²) in [5.74, 6) is 0.123. The minimum absolute atomic E-state index is 0.0448. The molecule has 0 aliphatic rings. The van der Waals surface area contributed by atoms with Crippen molar-refractivity contribution in [2.45, 2.75) is 33.4 Å². The zero-order valence-corrected chi connectivity index (χ0v) is 18.9. The number of rotatable bonds is 9. The number of anilines is 2. The molecule has 0 aliphatic heterocycles. The average molecular weight is 418 g/mol. The van der Waals surface area contributed by atoms with Crippen LogP contribution in [0, 0.1) is 5.92 Å². The van der Waals surface area contributed by atoms with E-state index in [-0.39, 0.29) is 24.5 Å². The van der Waals surface area contributed by atoms with Crippen LogP contribution in [0.3, 0.4) is 0 Å². The van der Waals surface area contributed by atoms with Gasteiger partial charge in [0.25, 0.3) is 5.91 Å². The molecular weight excluding hydrogens is 386 g/mol. The Morgan fingerprint density at radius 1 is 1.17 bits per heavy atom. The summed E-state index contributed by atoms with van der Waals surface area (Å²) in [6.45, 7) is 6.74. The molecule has 0 saturated heterocycles. The van der Waals surface area contributed by atoms with Crippen molar-refractivity contribution in [1.29, 1.82) is 0 Å². The van der Waals surface area contributed by atoms with Gasteiger partial charge < -0.3 is 19.9 Å². The van der Waals surface area contributed by atoms with Crippen molar-refractivity contribution in [1.82, 2.24) is 4.90 Å². The Kier molecular flexibility index (Phi) is 8.22. The molecule has 158 valence electrons. The average Bonchev–Trinajstić information content (AvgIpc) is 3.20. The van der Waals surface area contributed by atoms with Crippen molar-refractivity contribution in [3.63, 3.8) is 0 Å². The fraction of sp³-hybridized carbons (Fsp3) is 0.455. The quantitative estimate of drug-likeness (QED) is 0.668. The summed E-state index contributed by atoms with van der Waals surface area (Å²) in [4.78, 5) is 29.7. The van der Waals surface area contributed by atoms with Crippen LogP contribution in [0.1, 0.15) is 36.0 Å². The molecule has 1 aromatic heterocycles. The first-order valence-corrected chi connectivity index (χ1v) is 10.6. The predicted molar refractivity (Wildman–Crippen MR) is 120 cm³/mol. The van der Waals surface area contributed by atoms with Crippen LogP contribution in [0.2, 0.25) is 0 Å². The molecule has 0 saturated carbocycles. The third-order valence-corrected chi connectivity index (χ3v) is 5.82. The SMILES string of the molecule is COCC(=O)N(Cc1cc(NC(=O)c2cccs2)ccc1N(C)C)[C@@H](C)C(C)C. The lowest BCUT2D eigenvalue weighted by Crippen LogP contribution is -2.43. The molecule has 0 unspecified atom stereocenters. The first kappa shape index (κ1) is 22.9. The smallest absolute Gasteiger partial charge is 0.265 e. The molecule has 6 nitrogen and oxygen atoms in total. The molecule has 1 heterocycles. The molecule has 2 aromatic rings. The lowest BCUT2D eigenvalue weighted by atomic mass is 10.0. The van der Waals surface area contributed by atoms with Crippen molar-refractivity contribution in [3.05, 3.63) is 46.2 Å². The van der Waals surface area contributed by atoms with Crippen LogP contribution in [0.15, 0.2) is 35.7 Å². The summed E-state index contributed by atoms with van der Waals surface area (Å²) in [5, 5.41) is 4.83. The van der Waals surface area contributed by atoms with E-state index in [1.807, 2.05) is 53.5 Å². The molecule has 2 rings (SSSR count). The van der Waals surface area contributed by atoms with Crippen LogP contribution in [-0.2, 0) is 16.1 Å². The molecule has 0 radical (unpaired) electrons. The van der Waals surface area contributed by atoms with Crippen molar-refractivity contribution in [2.75, 3.05) is 38.0 Å². The highest BCUT2D eigenvalue weighted by Crippen LogP contribution is 2.27. The number of hydrogen-bond donors (Lipinski definition) is 1. The van der Waals surface area contributed by atoms with E-state index in [9.17, 15) is 9.59 Å². The van der Waals surface area contributed by atoms with Gasteiger partial charge in [-0.25, -0.2) is 0 Å². The second-order valence-electron chi connectivity index (χ2n) is 7.61. The molecule has 1 aromatic carbocycles. The first-order valence-electron chi connectivity index (χ1n) is 9.68. The third-order valence-electron chi connectivity index (χ3n) is 4.95. The van der Waals surface area contributed by atoms with E-state index in [1.165, 1.54) is 18.4 Å². The maximum absolute atomic E-state index is 12.7. The molecule has 29 heavy (non-hydrogen) atoms. The van der Waals surface area contributed by atoms with Gasteiger partial charge in [0.1, 0.15) is 6.61 Å². The maximum atomic E-state index is 12.7. The molecule has 0 spiro atoms. The number of carbonyl (C=O) groups excluding carboxylic acids is 2. The van der Waals surface area contributed by atoms with Gasteiger partial charge >= 0.3 is 0 Å². The maximum Gasteiger partial charge on any atom is 0.265 e. The number of amides is 2. The number of nitrogens with zero attached hydrogens (tertiary/aromatic N) is 2. The van der Waals surface area contributed by atoms with Crippen LogP contribution in [-0.4, -0.2) is 50.6 Å². The Labute approximate surface area is 177 Å². The zero-order chi connectivity index (χ0) is 21.6. The number of hydrogen-bond acceptors (Lipinski definition) is 5. The van der Waals surface area contributed by atoms with Gasteiger partial charge in [-0.1, -0.05) is 19.9 Å². The highest BCUT2D eigenvalue weighted by Gasteiger charge is 2.24. The van der Waals surface area contributed by atoms with Gasteiger partial charge in [0, 0.05) is 45.2 Å². The Morgan fingerprint density at radius 2 is 1.90 bits per heavy atom.